The van der Waals surface area contributed by atoms with Gasteiger partial charge in [0.15, 0.2) is 5.69 Å². The van der Waals surface area contributed by atoms with Crippen LogP contribution in [-0.2, 0) is 11.3 Å². The van der Waals surface area contributed by atoms with E-state index in [1.54, 1.807) is 6.92 Å². The van der Waals surface area contributed by atoms with Crippen LogP contribution >= 0.6 is 11.8 Å². The zero-order chi connectivity index (χ0) is 14.8. The number of thioether (sulfide) groups is 1. The predicted octanol–water partition coefficient (Wildman–Crippen LogP) is 2.63. The Morgan fingerprint density at radius 3 is 2.70 bits per heavy atom. The van der Waals surface area contributed by atoms with Crippen LogP contribution in [0.5, 0.6) is 0 Å². The minimum Gasteiger partial charge on any atom is -0.461 e. The summed E-state index contributed by atoms with van der Waals surface area (Å²) in [7, 11) is 0. The van der Waals surface area contributed by atoms with E-state index in [1.165, 1.54) is 25.7 Å². The fourth-order valence-corrected chi connectivity index (χ4v) is 3.82. The van der Waals surface area contributed by atoms with Crippen LogP contribution in [0.15, 0.2) is 0 Å². The molecule has 0 spiro atoms. The van der Waals surface area contributed by atoms with Crippen LogP contribution in [0, 0.1) is 6.92 Å². The summed E-state index contributed by atoms with van der Waals surface area (Å²) in [6.45, 7) is 4.82. The van der Waals surface area contributed by atoms with Gasteiger partial charge in [-0.05, 0) is 32.9 Å². The van der Waals surface area contributed by atoms with E-state index in [0.717, 1.165) is 12.4 Å². The van der Waals surface area contributed by atoms with Crippen LogP contribution in [0.4, 0.5) is 5.82 Å². The molecule has 0 aliphatic heterocycles. The van der Waals surface area contributed by atoms with Crippen molar-refractivity contribution < 1.29 is 9.53 Å². The van der Waals surface area contributed by atoms with E-state index < -0.39 is 5.97 Å². The zero-order valence-corrected chi connectivity index (χ0v) is 13.3. The number of hydrogen-bond donors (Lipinski definition) is 1. The fraction of sp³-hybridized carbons (Fsp3) is 0.714. The molecule has 6 heteroatoms. The minimum atomic E-state index is -0.434. The van der Waals surface area contributed by atoms with Gasteiger partial charge in [0.25, 0.3) is 0 Å². The van der Waals surface area contributed by atoms with Crippen molar-refractivity contribution in [2.24, 2.45) is 0 Å². The first-order valence-corrected chi connectivity index (χ1v) is 8.30. The fourth-order valence-electron chi connectivity index (χ4n) is 2.87. The Morgan fingerprint density at radius 1 is 1.50 bits per heavy atom. The molecule has 5 nitrogen and oxygen atoms in total. The Bertz CT molecular complexity index is 493. The van der Waals surface area contributed by atoms with Crippen LogP contribution in [-0.4, -0.2) is 33.1 Å². The Hall–Kier alpha value is -1.17. The molecule has 1 heterocycles. The highest BCUT2D eigenvalue weighted by molar-refractivity contribution is 8.00. The van der Waals surface area contributed by atoms with Gasteiger partial charge in [-0.25, -0.2) is 9.78 Å². The normalized spacial score (nSPS) is 17.4. The van der Waals surface area contributed by atoms with E-state index in [4.69, 9.17) is 10.5 Å². The van der Waals surface area contributed by atoms with Gasteiger partial charge in [-0.3, -0.25) is 0 Å². The third-order valence-electron chi connectivity index (χ3n) is 4.06. The number of carbonyl (C=O) groups excluding carboxylic acids is 1. The lowest BCUT2D eigenvalue weighted by Gasteiger charge is -2.28. The molecular formula is C14H23N3O2S. The van der Waals surface area contributed by atoms with Crippen LogP contribution in [0.3, 0.4) is 0 Å². The first-order valence-electron chi connectivity index (χ1n) is 7.08. The highest BCUT2D eigenvalue weighted by atomic mass is 32.2. The monoisotopic (exact) mass is 297 g/mol. The summed E-state index contributed by atoms with van der Waals surface area (Å²) >= 11 is 1.90. The lowest BCUT2D eigenvalue weighted by atomic mass is 10.1. The van der Waals surface area contributed by atoms with Crippen molar-refractivity contribution in [1.82, 2.24) is 9.55 Å². The molecule has 0 unspecified atom stereocenters. The Morgan fingerprint density at radius 2 is 2.15 bits per heavy atom. The smallest absolute Gasteiger partial charge is 0.360 e. The van der Waals surface area contributed by atoms with Crippen LogP contribution < -0.4 is 5.73 Å². The molecule has 0 bridgehead atoms. The molecule has 0 amide bonds. The second-order valence-corrected chi connectivity index (χ2v) is 6.57. The van der Waals surface area contributed by atoms with Crippen molar-refractivity contribution in [1.29, 1.82) is 0 Å². The third-order valence-corrected chi connectivity index (χ3v) is 5.46. The number of hydrogen-bond acceptors (Lipinski definition) is 5. The van der Waals surface area contributed by atoms with Crippen molar-refractivity contribution >= 4 is 23.5 Å². The van der Waals surface area contributed by atoms with Gasteiger partial charge in [-0.2, -0.15) is 11.8 Å². The van der Waals surface area contributed by atoms with E-state index >= 15 is 0 Å². The summed E-state index contributed by atoms with van der Waals surface area (Å²) < 4.78 is 7.19. The van der Waals surface area contributed by atoms with Gasteiger partial charge in [0.1, 0.15) is 11.6 Å². The quantitative estimate of drug-likeness (QED) is 0.846. The number of imidazole rings is 1. The maximum Gasteiger partial charge on any atom is 0.360 e. The van der Waals surface area contributed by atoms with Crippen LogP contribution in [0.2, 0.25) is 0 Å². The number of nitrogens with two attached hydrogens (primary N) is 1. The third kappa shape index (κ3) is 2.80. The number of nitrogen functional groups attached to an aromatic ring is 1. The highest BCUT2D eigenvalue weighted by Gasteiger charge is 2.35. The molecule has 112 valence electrons. The maximum atomic E-state index is 11.8. The molecular weight excluding hydrogens is 274 g/mol. The summed E-state index contributed by atoms with van der Waals surface area (Å²) in [5, 5.41) is 0. The lowest BCUT2D eigenvalue weighted by Crippen LogP contribution is -2.28. The molecule has 1 aliphatic rings. The van der Waals surface area contributed by atoms with Gasteiger partial charge in [0.2, 0.25) is 0 Å². The Labute approximate surface area is 124 Å². The molecule has 1 aliphatic carbocycles. The van der Waals surface area contributed by atoms with Crippen LogP contribution in [0.1, 0.15) is 48.9 Å². The number of carbonyl (C=O) groups is 1. The molecule has 2 rings (SSSR count). The molecule has 0 aromatic carbocycles. The molecule has 20 heavy (non-hydrogen) atoms. The summed E-state index contributed by atoms with van der Waals surface area (Å²) in [4.78, 5) is 16.1. The van der Waals surface area contributed by atoms with E-state index in [1.807, 2.05) is 23.3 Å². The standard InChI is InChI=1S/C14H23N3O2S/c1-4-19-13(18)11-12(15)17(10(2)16-11)9-14(20-3)7-5-6-8-14/h4-9,15H2,1-3H3. The molecule has 2 N–H and O–H groups in total. The average Bonchev–Trinajstić information content (AvgIpc) is 3.00. The number of nitrogens with zero attached hydrogens (tertiary/aromatic N) is 2. The molecule has 1 aromatic heterocycles. The summed E-state index contributed by atoms with van der Waals surface area (Å²) in [5.74, 6) is 0.781. The van der Waals surface area contributed by atoms with Crippen molar-refractivity contribution in [3.63, 3.8) is 0 Å². The molecule has 0 saturated heterocycles. The van der Waals surface area contributed by atoms with Gasteiger partial charge in [-0.15, -0.1) is 0 Å². The van der Waals surface area contributed by atoms with E-state index in [0.29, 0.717) is 12.4 Å². The number of esters is 1. The molecule has 1 fully saturated rings. The van der Waals surface area contributed by atoms with Gasteiger partial charge in [-0.1, -0.05) is 12.8 Å². The largest absolute Gasteiger partial charge is 0.461 e. The van der Waals surface area contributed by atoms with Gasteiger partial charge >= 0.3 is 5.97 Å². The summed E-state index contributed by atoms with van der Waals surface area (Å²) in [6.07, 6.45) is 7.07. The number of aryl methyl sites for hydroxylation is 1. The Balaban J connectivity index is 2.26. The minimum absolute atomic E-state index is 0.228. The number of rotatable bonds is 5. The van der Waals surface area contributed by atoms with E-state index in [-0.39, 0.29) is 10.4 Å². The molecule has 1 saturated carbocycles. The second-order valence-electron chi connectivity index (χ2n) is 5.29. The second kappa shape index (κ2) is 6.08. The van der Waals surface area contributed by atoms with Crippen LogP contribution in [0.25, 0.3) is 0 Å². The lowest BCUT2D eigenvalue weighted by molar-refractivity contribution is 0.0521. The summed E-state index contributed by atoms with van der Waals surface area (Å²) in [6, 6.07) is 0. The van der Waals surface area contributed by atoms with Crippen molar-refractivity contribution in [2.75, 3.05) is 18.6 Å². The Kier molecular flexibility index (Phi) is 4.62. The first-order chi connectivity index (χ1) is 9.53. The number of aromatic nitrogens is 2. The zero-order valence-electron chi connectivity index (χ0n) is 12.4. The highest BCUT2D eigenvalue weighted by Crippen LogP contribution is 2.42. The van der Waals surface area contributed by atoms with Crippen molar-refractivity contribution in [2.45, 2.75) is 50.8 Å². The SMILES string of the molecule is CCOC(=O)c1nc(C)n(CC2(SC)CCCC2)c1N. The van der Waals surface area contributed by atoms with Gasteiger partial charge in [0.05, 0.1) is 6.61 Å². The molecule has 1 aromatic rings. The average molecular weight is 297 g/mol. The molecule has 0 radical (unpaired) electrons. The summed E-state index contributed by atoms with van der Waals surface area (Å²) in [5.41, 5.74) is 6.37. The number of anilines is 1. The first kappa shape index (κ1) is 15.2. The topological polar surface area (TPSA) is 70.1 Å². The van der Waals surface area contributed by atoms with Gasteiger partial charge < -0.3 is 15.0 Å². The molecule has 0 atom stereocenters. The van der Waals surface area contributed by atoms with Gasteiger partial charge in [0, 0.05) is 11.3 Å². The van der Waals surface area contributed by atoms with E-state index in [9.17, 15) is 4.79 Å². The maximum absolute atomic E-state index is 11.8. The number of ether oxygens (including phenoxy) is 1. The van der Waals surface area contributed by atoms with E-state index in [2.05, 4.69) is 11.2 Å². The van der Waals surface area contributed by atoms with Crippen molar-refractivity contribution in [3.05, 3.63) is 11.5 Å². The predicted molar refractivity (Wildman–Crippen MR) is 82.0 cm³/mol. The van der Waals surface area contributed by atoms with Crippen molar-refractivity contribution in [3.8, 4) is 0 Å².